The lowest BCUT2D eigenvalue weighted by Gasteiger charge is -2.50. The lowest BCUT2D eigenvalue weighted by atomic mass is 9.79. The Morgan fingerprint density at radius 3 is 2.29 bits per heavy atom. The van der Waals surface area contributed by atoms with Gasteiger partial charge in [-0.3, -0.25) is 24.4 Å². The molecule has 3 aliphatic rings. The summed E-state index contributed by atoms with van der Waals surface area (Å²) in [6, 6.07) is 5.57. The lowest BCUT2D eigenvalue weighted by Crippen LogP contribution is -2.63. The lowest BCUT2D eigenvalue weighted by molar-refractivity contribution is -0.140. The van der Waals surface area contributed by atoms with Crippen LogP contribution in [0.15, 0.2) is 71.1 Å². The van der Waals surface area contributed by atoms with Crippen LogP contribution in [0.5, 0.6) is 0 Å². The zero-order valence-corrected chi connectivity index (χ0v) is 29.8. The van der Waals surface area contributed by atoms with Crippen LogP contribution >= 0.6 is 11.6 Å². The van der Waals surface area contributed by atoms with E-state index in [-0.39, 0.29) is 36.9 Å². The molecule has 1 aromatic carbocycles. The van der Waals surface area contributed by atoms with Crippen molar-refractivity contribution in [2.24, 2.45) is 10.3 Å². The first-order valence-corrected chi connectivity index (χ1v) is 17.4. The highest BCUT2D eigenvalue weighted by Gasteiger charge is 2.42. The van der Waals surface area contributed by atoms with Crippen molar-refractivity contribution in [1.82, 2.24) is 25.0 Å². The van der Waals surface area contributed by atoms with Gasteiger partial charge in [-0.15, -0.1) is 0 Å². The van der Waals surface area contributed by atoms with E-state index in [9.17, 15) is 14.4 Å². The number of piperazine rings is 1. The highest BCUT2D eigenvalue weighted by molar-refractivity contribution is 6.30. The molecule has 1 N–H and O–H groups in total. The van der Waals surface area contributed by atoms with Crippen LogP contribution in [-0.4, -0.2) is 115 Å². The number of amides is 3. The summed E-state index contributed by atoms with van der Waals surface area (Å²) in [4.78, 5) is 47.4. The van der Waals surface area contributed by atoms with Gasteiger partial charge in [-0.1, -0.05) is 73.5 Å². The highest BCUT2D eigenvalue weighted by atomic mass is 35.5. The van der Waals surface area contributed by atoms with Gasteiger partial charge in [-0.25, -0.2) is 4.79 Å². The Hall–Kier alpha value is -3.70. The second kappa shape index (κ2) is 17.1. The molecule has 1 saturated heterocycles. The van der Waals surface area contributed by atoms with Crippen LogP contribution in [0.4, 0.5) is 4.79 Å². The van der Waals surface area contributed by atoms with Gasteiger partial charge < -0.3 is 15.0 Å². The van der Waals surface area contributed by atoms with E-state index in [1.54, 1.807) is 45.2 Å². The minimum Gasteiger partial charge on any atom is -0.447 e. The van der Waals surface area contributed by atoms with Gasteiger partial charge in [0.25, 0.3) is 0 Å². The first kappa shape index (κ1) is 37.1. The number of ether oxygens (including phenoxy) is 1. The topological polar surface area (TPSA) is 110 Å². The summed E-state index contributed by atoms with van der Waals surface area (Å²) >= 11 is 6.16. The Morgan fingerprint density at radius 2 is 1.71 bits per heavy atom. The second-order valence-electron chi connectivity index (χ2n) is 13.3. The Bertz CT molecular complexity index is 1360. The van der Waals surface area contributed by atoms with Crippen molar-refractivity contribution in [3.8, 4) is 0 Å². The van der Waals surface area contributed by atoms with Gasteiger partial charge in [0.05, 0.1) is 26.2 Å². The van der Waals surface area contributed by atoms with E-state index < -0.39 is 24.1 Å². The number of hydrogen-bond donors (Lipinski definition) is 1. The van der Waals surface area contributed by atoms with Crippen LogP contribution in [0.1, 0.15) is 57.9 Å². The maximum Gasteiger partial charge on any atom is 0.411 e. The Labute approximate surface area is 290 Å². The van der Waals surface area contributed by atoms with Gasteiger partial charge in [0.15, 0.2) is 0 Å². The molecule has 0 bridgehead atoms. The molecule has 2 atom stereocenters. The molecule has 12 heteroatoms. The molecular weight excluding hydrogens is 630 g/mol. The van der Waals surface area contributed by atoms with E-state index in [1.807, 2.05) is 29.1 Å². The van der Waals surface area contributed by atoms with Crippen LogP contribution < -0.4 is 5.32 Å². The van der Waals surface area contributed by atoms with Crippen LogP contribution in [0, 0.1) is 0 Å². The first-order chi connectivity index (χ1) is 23.0. The molecule has 1 aliphatic carbocycles. The molecule has 11 nitrogen and oxygen atoms in total. The zero-order chi connectivity index (χ0) is 34.8. The molecule has 4 rings (SSSR count). The Morgan fingerprint density at radius 1 is 1.06 bits per heavy atom. The molecule has 2 heterocycles. The van der Waals surface area contributed by atoms with Crippen LogP contribution in [0.2, 0.25) is 5.02 Å². The molecule has 0 aromatic heterocycles. The fraction of sp³-hybridized carbons (Fsp3) is 0.583. The van der Waals surface area contributed by atoms with Crippen molar-refractivity contribution >= 4 is 29.5 Å². The minimum absolute atomic E-state index is 0.0110. The molecule has 262 valence electrons. The summed E-state index contributed by atoms with van der Waals surface area (Å²) in [6.45, 7) is 14.9. The molecule has 1 saturated carbocycles. The quantitative estimate of drug-likeness (QED) is 0.233. The number of hydrogen-bond acceptors (Lipinski definition) is 7. The normalized spacial score (nSPS) is 20.8. The summed E-state index contributed by atoms with van der Waals surface area (Å²) in [5, 5.41) is 13.8. The standard InChI is InChI=1S/C36H52ClN7O4/c1-7-28-23-32(44(24-29(28)8-2)35(47)48-26(3)4)33(45)39-31(22-27-12-14-30(37)15-13-27)34(46)42-18-20-43(21-19-42)36(16-10-9-11-17-36)25-41(6)40-38-5/h7-8,12-15,26,31-32H,1-2,9-11,16-25H2,3-6H3,(H,39,45). The zero-order valence-electron chi connectivity index (χ0n) is 29.0. The van der Waals surface area contributed by atoms with Gasteiger partial charge >= 0.3 is 6.09 Å². The summed E-state index contributed by atoms with van der Waals surface area (Å²) in [6.07, 6.45) is 8.69. The summed E-state index contributed by atoms with van der Waals surface area (Å²) in [5.74, 6) is -0.565. The third-order valence-electron chi connectivity index (χ3n) is 9.69. The van der Waals surface area contributed by atoms with Crippen molar-refractivity contribution < 1.29 is 19.1 Å². The van der Waals surface area contributed by atoms with Crippen LogP contribution in [0.3, 0.4) is 0 Å². The molecule has 2 unspecified atom stereocenters. The van der Waals surface area contributed by atoms with Crippen molar-refractivity contribution in [3.63, 3.8) is 0 Å². The number of carbonyl (C=O) groups excluding carboxylic acids is 3. The molecule has 2 aliphatic heterocycles. The maximum atomic E-state index is 14.3. The number of carbonyl (C=O) groups is 3. The SMILES string of the molecule is C=CC1=C(C=C)CN(C(=O)OC(C)C)C(C(=O)NC(Cc2ccc(Cl)cc2)C(=O)N2CCN(C3(CN(C)N=NC)CCCCC3)CC2)C1. The highest BCUT2D eigenvalue weighted by Crippen LogP contribution is 2.35. The minimum atomic E-state index is -0.881. The first-order valence-electron chi connectivity index (χ1n) is 17.0. The van der Waals surface area contributed by atoms with Crippen molar-refractivity contribution in [1.29, 1.82) is 0 Å². The third kappa shape index (κ3) is 9.25. The van der Waals surface area contributed by atoms with E-state index in [0.29, 0.717) is 18.1 Å². The second-order valence-corrected chi connectivity index (χ2v) is 13.8. The fourth-order valence-electron chi connectivity index (χ4n) is 7.29. The molecular formula is C36H52ClN7O4. The molecule has 48 heavy (non-hydrogen) atoms. The number of allylic oxidation sites excluding steroid dienone is 1. The number of nitrogens with zero attached hydrogens (tertiary/aromatic N) is 6. The van der Waals surface area contributed by atoms with Crippen LogP contribution in [0.25, 0.3) is 0 Å². The Balaban J connectivity index is 1.54. The van der Waals surface area contributed by atoms with Gasteiger partial charge in [-0.05, 0) is 55.5 Å². The third-order valence-corrected chi connectivity index (χ3v) is 9.94. The molecule has 0 spiro atoms. The summed E-state index contributed by atoms with van der Waals surface area (Å²) in [5.41, 5.74) is 2.49. The van der Waals surface area contributed by atoms with Crippen molar-refractivity contribution in [3.05, 3.63) is 71.3 Å². The number of benzene rings is 1. The van der Waals surface area contributed by atoms with Gasteiger partial charge in [-0.2, -0.15) is 5.11 Å². The van der Waals surface area contributed by atoms with Crippen molar-refractivity contribution in [2.75, 3.05) is 53.4 Å². The van der Waals surface area contributed by atoms with Crippen LogP contribution in [-0.2, 0) is 20.7 Å². The van der Waals surface area contributed by atoms with Gasteiger partial charge in [0.2, 0.25) is 11.8 Å². The van der Waals surface area contributed by atoms with E-state index in [2.05, 4.69) is 33.7 Å². The maximum absolute atomic E-state index is 14.3. The average Bonchev–Trinajstić information content (AvgIpc) is 3.08. The largest absolute Gasteiger partial charge is 0.447 e. The number of halogens is 1. The Kier molecular flexibility index (Phi) is 13.2. The average molecular weight is 682 g/mol. The van der Waals surface area contributed by atoms with E-state index in [4.69, 9.17) is 16.3 Å². The molecule has 1 aromatic rings. The van der Waals surface area contributed by atoms with Crippen molar-refractivity contribution in [2.45, 2.75) is 82.5 Å². The molecule has 3 amide bonds. The molecule has 0 radical (unpaired) electrons. The summed E-state index contributed by atoms with van der Waals surface area (Å²) < 4.78 is 5.51. The smallest absolute Gasteiger partial charge is 0.411 e. The number of likely N-dealkylation sites (N-methyl/N-ethyl adjacent to an activating group) is 1. The molecule has 2 fully saturated rings. The van der Waals surface area contributed by atoms with E-state index in [1.165, 1.54) is 24.2 Å². The predicted octanol–water partition coefficient (Wildman–Crippen LogP) is 5.43. The van der Waals surface area contributed by atoms with Gasteiger partial charge in [0.1, 0.15) is 12.1 Å². The summed E-state index contributed by atoms with van der Waals surface area (Å²) in [7, 11) is 3.65. The number of nitrogens with one attached hydrogen (secondary N) is 1. The number of rotatable bonds is 12. The fourth-order valence-corrected chi connectivity index (χ4v) is 7.42. The monoisotopic (exact) mass is 681 g/mol. The van der Waals surface area contributed by atoms with E-state index in [0.717, 1.165) is 49.2 Å². The predicted molar refractivity (Wildman–Crippen MR) is 189 cm³/mol. The van der Waals surface area contributed by atoms with E-state index >= 15 is 0 Å². The van der Waals surface area contributed by atoms with Gasteiger partial charge in [0, 0.05) is 56.6 Å².